The molecule has 0 N–H and O–H groups in total. The maximum atomic E-state index is 13.8. The Bertz CT molecular complexity index is 1260. The number of carbonyl (C=O) groups is 3. The third-order valence-corrected chi connectivity index (χ3v) is 6.71. The highest BCUT2D eigenvalue weighted by Gasteiger charge is 2.45. The smallest absolute Gasteiger partial charge is 0.254 e. The summed E-state index contributed by atoms with van der Waals surface area (Å²) >= 11 is 0. The number of hydrogen-bond acceptors (Lipinski definition) is 4. The number of pyridine rings is 1. The van der Waals surface area contributed by atoms with Crippen LogP contribution in [0.1, 0.15) is 42.3 Å². The zero-order valence-electron chi connectivity index (χ0n) is 21.3. The van der Waals surface area contributed by atoms with Crippen LogP contribution in [0.2, 0.25) is 0 Å². The standard InChI is InChI=1S/C29H32N4O3/c1-5-33-24-14-13-23(18-25(24)31(4)27(35)29(2,3)28(33)36)26(34)32(20-22-10-7-6-8-11-22)17-15-21-12-9-16-30-19-21/h6-14,16,18-19H,5,15,17,20H2,1-4H3. The molecule has 0 aliphatic carbocycles. The van der Waals surface area contributed by atoms with Crippen molar-refractivity contribution in [1.29, 1.82) is 0 Å². The normalized spacial score (nSPS) is 14.9. The molecule has 0 fully saturated rings. The predicted octanol–water partition coefficient (Wildman–Crippen LogP) is 4.32. The Hall–Kier alpha value is -4.00. The molecule has 0 saturated carbocycles. The summed E-state index contributed by atoms with van der Waals surface area (Å²) in [4.78, 5) is 49.3. The van der Waals surface area contributed by atoms with Gasteiger partial charge in [-0.1, -0.05) is 36.4 Å². The summed E-state index contributed by atoms with van der Waals surface area (Å²) in [5.41, 5.74) is 2.54. The van der Waals surface area contributed by atoms with Crippen LogP contribution in [0.25, 0.3) is 0 Å². The lowest BCUT2D eigenvalue weighted by molar-refractivity contribution is -0.137. The lowest BCUT2D eigenvalue weighted by atomic mass is 9.90. The first-order valence-corrected chi connectivity index (χ1v) is 12.2. The lowest BCUT2D eigenvalue weighted by Crippen LogP contribution is -2.47. The molecule has 4 rings (SSSR count). The Morgan fingerprint density at radius 2 is 1.67 bits per heavy atom. The molecule has 1 aromatic heterocycles. The van der Waals surface area contributed by atoms with Crippen molar-refractivity contribution in [1.82, 2.24) is 9.88 Å². The molecule has 0 spiro atoms. The van der Waals surface area contributed by atoms with Crippen molar-refractivity contribution in [2.24, 2.45) is 5.41 Å². The van der Waals surface area contributed by atoms with E-state index >= 15 is 0 Å². The molecule has 3 aromatic rings. The first-order chi connectivity index (χ1) is 17.2. The summed E-state index contributed by atoms with van der Waals surface area (Å²) in [5, 5.41) is 0. The van der Waals surface area contributed by atoms with Crippen molar-refractivity contribution >= 4 is 29.1 Å². The van der Waals surface area contributed by atoms with E-state index < -0.39 is 5.41 Å². The molecule has 1 aliphatic heterocycles. The Labute approximate surface area is 212 Å². The molecule has 2 aromatic carbocycles. The molecule has 3 amide bonds. The summed E-state index contributed by atoms with van der Waals surface area (Å²) < 4.78 is 0. The minimum absolute atomic E-state index is 0.135. The third-order valence-electron chi connectivity index (χ3n) is 6.71. The van der Waals surface area contributed by atoms with Gasteiger partial charge in [0.05, 0.1) is 11.4 Å². The number of rotatable bonds is 7. The summed E-state index contributed by atoms with van der Waals surface area (Å²) in [5.74, 6) is -0.682. The van der Waals surface area contributed by atoms with Gasteiger partial charge in [0.2, 0.25) is 11.8 Å². The van der Waals surface area contributed by atoms with Crippen LogP contribution in [-0.2, 0) is 22.6 Å². The van der Waals surface area contributed by atoms with Crippen LogP contribution in [0.4, 0.5) is 11.4 Å². The van der Waals surface area contributed by atoms with E-state index in [4.69, 9.17) is 0 Å². The van der Waals surface area contributed by atoms with E-state index in [-0.39, 0.29) is 17.7 Å². The van der Waals surface area contributed by atoms with E-state index in [1.54, 1.807) is 50.2 Å². The van der Waals surface area contributed by atoms with Crippen molar-refractivity contribution in [2.45, 2.75) is 33.7 Å². The molecule has 1 aliphatic rings. The number of carbonyl (C=O) groups excluding carboxylic acids is 3. The van der Waals surface area contributed by atoms with Crippen LogP contribution in [0.3, 0.4) is 0 Å². The van der Waals surface area contributed by atoms with Gasteiger partial charge >= 0.3 is 0 Å². The van der Waals surface area contributed by atoms with E-state index in [1.807, 2.05) is 60.5 Å². The molecule has 7 nitrogen and oxygen atoms in total. The van der Waals surface area contributed by atoms with Gasteiger partial charge in [-0.25, -0.2) is 0 Å². The second-order valence-corrected chi connectivity index (χ2v) is 9.57. The zero-order chi connectivity index (χ0) is 25.9. The van der Waals surface area contributed by atoms with Crippen LogP contribution in [-0.4, -0.2) is 47.7 Å². The molecule has 36 heavy (non-hydrogen) atoms. The fraction of sp³-hybridized carbons (Fsp3) is 0.310. The Morgan fingerprint density at radius 1 is 0.944 bits per heavy atom. The van der Waals surface area contributed by atoms with E-state index in [2.05, 4.69) is 4.98 Å². The molecule has 0 unspecified atom stereocenters. The van der Waals surface area contributed by atoms with E-state index in [0.29, 0.717) is 43.0 Å². The Kier molecular flexibility index (Phi) is 7.20. The Balaban J connectivity index is 1.69. The minimum Gasteiger partial charge on any atom is -0.334 e. The number of anilines is 2. The monoisotopic (exact) mass is 484 g/mol. The molecule has 0 atom stereocenters. The topological polar surface area (TPSA) is 73.8 Å². The van der Waals surface area contributed by atoms with Gasteiger partial charge in [-0.05, 0) is 62.6 Å². The highest BCUT2D eigenvalue weighted by Crippen LogP contribution is 2.39. The molecule has 2 heterocycles. The van der Waals surface area contributed by atoms with Crippen LogP contribution in [0, 0.1) is 5.41 Å². The number of aromatic nitrogens is 1. The van der Waals surface area contributed by atoms with Crippen molar-refractivity contribution < 1.29 is 14.4 Å². The molecular formula is C29H32N4O3. The van der Waals surface area contributed by atoms with Crippen molar-refractivity contribution in [3.63, 3.8) is 0 Å². The summed E-state index contributed by atoms with van der Waals surface area (Å²) in [7, 11) is 1.66. The van der Waals surface area contributed by atoms with Gasteiger partial charge in [-0.3, -0.25) is 19.4 Å². The number of fused-ring (bicyclic) bond motifs is 1. The number of benzene rings is 2. The SMILES string of the molecule is CCN1C(=O)C(C)(C)C(=O)N(C)c2cc(C(=O)N(CCc3cccnc3)Cc3ccccc3)ccc21. The van der Waals surface area contributed by atoms with Crippen LogP contribution in [0.5, 0.6) is 0 Å². The molecular weight excluding hydrogens is 452 g/mol. The summed E-state index contributed by atoms with van der Waals surface area (Å²) in [6, 6.07) is 19.0. The summed E-state index contributed by atoms with van der Waals surface area (Å²) in [6.07, 6.45) is 4.21. The third kappa shape index (κ3) is 4.87. The number of hydrogen-bond donors (Lipinski definition) is 0. The number of amides is 3. The predicted molar refractivity (Wildman–Crippen MR) is 141 cm³/mol. The average molecular weight is 485 g/mol. The molecule has 0 radical (unpaired) electrons. The minimum atomic E-state index is -1.20. The van der Waals surface area contributed by atoms with Gasteiger partial charge in [0.25, 0.3) is 5.91 Å². The van der Waals surface area contributed by atoms with Gasteiger partial charge in [-0.2, -0.15) is 0 Å². The maximum absolute atomic E-state index is 13.8. The molecule has 186 valence electrons. The Morgan fingerprint density at radius 3 is 2.33 bits per heavy atom. The maximum Gasteiger partial charge on any atom is 0.254 e. The van der Waals surface area contributed by atoms with E-state index in [0.717, 1.165) is 11.1 Å². The first-order valence-electron chi connectivity index (χ1n) is 12.2. The highest BCUT2D eigenvalue weighted by molar-refractivity contribution is 6.20. The molecule has 7 heteroatoms. The average Bonchev–Trinajstić information content (AvgIpc) is 2.95. The van der Waals surface area contributed by atoms with Gasteiger partial charge in [0, 0.05) is 44.6 Å². The van der Waals surface area contributed by atoms with Crippen LogP contribution >= 0.6 is 0 Å². The zero-order valence-corrected chi connectivity index (χ0v) is 21.3. The van der Waals surface area contributed by atoms with Crippen molar-refractivity contribution in [2.75, 3.05) is 29.9 Å². The van der Waals surface area contributed by atoms with Crippen molar-refractivity contribution in [3.05, 3.63) is 89.7 Å². The van der Waals surface area contributed by atoms with Crippen LogP contribution < -0.4 is 9.80 Å². The van der Waals surface area contributed by atoms with E-state index in [9.17, 15) is 14.4 Å². The fourth-order valence-corrected chi connectivity index (χ4v) is 4.58. The molecule has 0 bridgehead atoms. The van der Waals surface area contributed by atoms with E-state index in [1.165, 1.54) is 4.90 Å². The second-order valence-electron chi connectivity index (χ2n) is 9.57. The second kappa shape index (κ2) is 10.3. The van der Waals surface area contributed by atoms with Gasteiger partial charge in [0.15, 0.2) is 0 Å². The summed E-state index contributed by atoms with van der Waals surface area (Å²) in [6.45, 7) is 6.57. The van der Waals surface area contributed by atoms with Gasteiger partial charge in [-0.15, -0.1) is 0 Å². The number of nitrogens with zero attached hydrogens (tertiary/aromatic N) is 4. The van der Waals surface area contributed by atoms with Crippen LogP contribution in [0.15, 0.2) is 73.1 Å². The quantitative estimate of drug-likeness (QED) is 0.468. The lowest BCUT2D eigenvalue weighted by Gasteiger charge is -2.27. The molecule has 0 saturated heterocycles. The van der Waals surface area contributed by atoms with Gasteiger partial charge in [0.1, 0.15) is 5.41 Å². The van der Waals surface area contributed by atoms with Gasteiger partial charge < -0.3 is 14.7 Å². The van der Waals surface area contributed by atoms with Crippen molar-refractivity contribution in [3.8, 4) is 0 Å². The largest absolute Gasteiger partial charge is 0.334 e. The highest BCUT2D eigenvalue weighted by atomic mass is 16.2. The fourth-order valence-electron chi connectivity index (χ4n) is 4.58. The first kappa shape index (κ1) is 25.1.